The van der Waals surface area contributed by atoms with Crippen molar-refractivity contribution in [2.75, 3.05) is 6.54 Å². The van der Waals surface area contributed by atoms with Crippen LogP contribution in [0.4, 0.5) is 0 Å². The van der Waals surface area contributed by atoms with Crippen LogP contribution in [0, 0.1) is 0 Å². The number of rotatable bonds is 9. The molecule has 1 heterocycles. The van der Waals surface area contributed by atoms with Gasteiger partial charge < -0.3 is 5.32 Å². The predicted octanol–water partition coefficient (Wildman–Crippen LogP) is 2.02. The molecule has 0 unspecified atom stereocenters. The van der Waals surface area contributed by atoms with E-state index in [4.69, 9.17) is 0 Å². The summed E-state index contributed by atoms with van der Waals surface area (Å²) in [5.41, 5.74) is 1.92. The zero-order chi connectivity index (χ0) is 18.1. The molecule has 1 aromatic carbocycles. The first-order valence-electron chi connectivity index (χ1n) is 8.25. The van der Waals surface area contributed by atoms with Gasteiger partial charge in [-0.05, 0) is 48.2 Å². The number of aromatic nitrogens is 1. The van der Waals surface area contributed by atoms with Crippen LogP contribution in [0.15, 0.2) is 53.7 Å². The van der Waals surface area contributed by atoms with E-state index in [2.05, 4.69) is 15.0 Å². The van der Waals surface area contributed by atoms with Gasteiger partial charge in [-0.1, -0.05) is 19.1 Å². The third kappa shape index (κ3) is 6.28. The molecule has 1 aromatic heterocycles. The Labute approximate surface area is 148 Å². The third-order valence-corrected chi connectivity index (χ3v) is 5.13. The minimum absolute atomic E-state index is 0.0434. The van der Waals surface area contributed by atoms with Crippen LogP contribution in [0.25, 0.3) is 0 Å². The number of carbonyl (C=O) groups is 1. The lowest BCUT2D eigenvalue weighted by atomic mass is 10.1. The van der Waals surface area contributed by atoms with Crippen molar-refractivity contribution in [2.45, 2.75) is 37.6 Å². The Balaban J connectivity index is 1.82. The number of amides is 1. The predicted molar refractivity (Wildman–Crippen MR) is 96.3 cm³/mol. The average molecular weight is 361 g/mol. The van der Waals surface area contributed by atoms with E-state index in [9.17, 15) is 13.2 Å². The summed E-state index contributed by atoms with van der Waals surface area (Å²) in [6.07, 6.45) is 5.03. The summed E-state index contributed by atoms with van der Waals surface area (Å²) in [5.74, 6) is -0.0434. The van der Waals surface area contributed by atoms with Gasteiger partial charge in [0.25, 0.3) is 0 Å². The quantitative estimate of drug-likeness (QED) is 0.715. The van der Waals surface area contributed by atoms with Gasteiger partial charge in [0.1, 0.15) is 0 Å². The molecule has 0 fully saturated rings. The van der Waals surface area contributed by atoms with E-state index in [1.54, 1.807) is 36.7 Å². The second kappa shape index (κ2) is 9.29. The third-order valence-electron chi connectivity index (χ3n) is 3.66. The van der Waals surface area contributed by atoms with E-state index in [0.29, 0.717) is 25.9 Å². The van der Waals surface area contributed by atoms with Crippen LogP contribution in [0.5, 0.6) is 0 Å². The molecule has 2 aromatic rings. The number of sulfonamides is 1. The van der Waals surface area contributed by atoms with Crippen LogP contribution in [0.3, 0.4) is 0 Å². The van der Waals surface area contributed by atoms with E-state index >= 15 is 0 Å². The first kappa shape index (κ1) is 19.1. The Hall–Kier alpha value is -2.25. The van der Waals surface area contributed by atoms with Gasteiger partial charge in [0, 0.05) is 31.9 Å². The minimum Gasteiger partial charge on any atom is -0.352 e. The largest absolute Gasteiger partial charge is 0.352 e. The fourth-order valence-corrected chi connectivity index (χ4v) is 3.34. The highest BCUT2D eigenvalue weighted by Gasteiger charge is 2.12. The second-order valence-corrected chi connectivity index (χ2v) is 7.44. The zero-order valence-electron chi connectivity index (χ0n) is 14.2. The molecule has 134 valence electrons. The Morgan fingerprint density at radius 3 is 2.36 bits per heavy atom. The summed E-state index contributed by atoms with van der Waals surface area (Å²) in [6, 6.07) is 10.3. The lowest BCUT2D eigenvalue weighted by Crippen LogP contribution is -2.24. The number of hydrogen-bond donors (Lipinski definition) is 2. The van der Waals surface area contributed by atoms with Crippen LogP contribution < -0.4 is 10.0 Å². The van der Waals surface area contributed by atoms with Crippen LogP contribution >= 0.6 is 0 Å². The highest BCUT2D eigenvalue weighted by molar-refractivity contribution is 7.89. The highest BCUT2D eigenvalue weighted by atomic mass is 32.2. The van der Waals surface area contributed by atoms with Crippen molar-refractivity contribution in [3.05, 3.63) is 59.9 Å². The van der Waals surface area contributed by atoms with E-state index < -0.39 is 10.0 Å². The molecule has 25 heavy (non-hydrogen) atoms. The SMILES string of the molecule is CCCNS(=O)(=O)c1ccc(CCC(=O)NCc2ccncc2)cc1. The first-order valence-corrected chi connectivity index (χ1v) is 9.74. The summed E-state index contributed by atoms with van der Waals surface area (Å²) in [6.45, 7) is 2.80. The average Bonchev–Trinajstić information content (AvgIpc) is 2.64. The fourth-order valence-electron chi connectivity index (χ4n) is 2.20. The molecule has 0 spiro atoms. The molecule has 2 rings (SSSR count). The monoisotopic (exact) mass is 361 g/mol. The summed E-state index contributed by atoms with van der Waals surface area (Å²) in [4.78, 5) is 16.1. The van der Waals surface area contributed by atoms with Gasteiger partial charge in [0.2, 0.25) is 15.9 Å². The van der Waals surface area contributed by atoms with Crippen LogP contribution in [-0.4, -0.2) is 25.9 Å². The molecule has 0 aliphatic carbocycles. The lowest BCUT2D eigenvalue weighted by molar-refractivity contribution is -0.121. The van der Waals surface area contributed by atoms with Crippen molar-refractivity contribution in [1.29, 1.82) is 0 Å². The minimum atomic E-state index is -3.44. The van der Waals surface area contributed by atoms with Gasteiger partial charge in [-0.25, -0.2) is 13.1 Å². The van der Waals surface area contributed by atoms with E-state index in [1.807, 2.05) is 19.1 Å². The van der Waals surface area contributed by atoms with Gasteiger partial charge in [-0.15, -0.1) is 0 Å². The molecule has 0 atom stereocenters. The summed E-state index contributed by atoms with van der Waals surface area (Å²) >= 11 is 0. The second-order valence-electron chi connectivity index (χ2n) is 5.67. The molecule has 7 heteroatoms. The zero-order valence-corrected chi connectivity index (χ0v) is 15.1. The smallest absolute Gasteiger partial charge is 0.240 e. The standard InChI is InChI=1S/C18H23N3O3S/c1-2-11-21-25(23,24)17-6-3-15(4-7-17)5-8-18(22)20-14-16-9-12-19-13-10-16/h3-4,6-7,9-10,12-13,21H,2,5,8,11,14H2,1H3,(H,20,22). The van der Waals surface area contributed by atoms with Crippen molar-refractivity contribution in [3.8, 4) is 0 Å². The number of nitrogens with zero attached hydrogens (tertiary/aromatic N) is 1. The van der Waals surface area contributed by atoms with Gasteiger partial charge in [-0.3, -0.25) is 9.78 Å². The molecule has 6 nitrogen and oxygen atoms in total. The molecule has 0 aliphatic rings. The highest BCUT2D eigenvalue weighted by Crippen LogP contribution is 2.12. The Kier molecular flexibility index (Phi) is 7.09. The lowest BCUT2D eigenvalue weighted by Gasteiger charge is -2.07. The van der Waals surface area contributed by atoms with Crippen LogP contribution in [0.1, 0.15) is 30.9 Å². The molecular formula is C18H23N3O3S. The van der Waals surface area contributed by atoms with Crippen LogP contribution in [0.2, 0.25) is 0 Å². The molecule has 0 radical (unpaired) electrons. The first-order chi connectivity index (χ1) is 12.0. The van der Waals surface area contributed by atoms with E-state index in [1.165, 1.54) is 0 Å². The van der Waals surface area contributed by atoms with Crippen molar-refractivity contribution in [3.63, 3.8) is 0 Å². The van der Waals surface area contributed by atoms with Crippen molar-refractivity contribution >= 4 is 15.9 Å². The van der Waals surface area contributed by atoms with Gasteiger partial charge >= 0.3 is 0 Å². The number of hydrogen-bond acceptors (Lipinski definition) is 4. The van der Waals surface area contributed by atoms with Crippen molar-refractivity contribution < 1.29 is 13.2 Å². The molecule has 2 N–H and O–H groups in total. The molecular weight excluding hydrogens is 338 g/mol. The normalized spacial score (nSPS) is 11.2. The van der Waals surface area contributed by atoms with Gasteiger partial charge in [-0.2, -0.15) is 0 Å². The summed E-state index contributed by atoms with van der Waals surface area (Å²) in [5, 5.41) is 2.86. The van der Waals surface area contributed by atoms with E-state index in [0.717, 1.165) is 17.5 Å². The van der Waals surface area contributed by atoms with Crippen molar-refractivity contribution in [2.24, 2.45) is 0 Å². The van der Waals surface area contributed by atoms with E-state index in [-0.39, 0.29) is 10.8 Å². The van der Waals surface area contributed by atoms with Gasteiger partial charge in [0.15, 0.2) is 0 Å². The Morgan fingerprint density at radius 1 is 1.04 bits per heavy atom. The maximum absolute atomic E-state index is 12.0. The summed E-state index contributed by atoms with van der Waals surface area (Å²) < 4.78 is 26.5. The maximum Gasteiger partial charge on any atom is 0.240 e. The fraction of sp³-hybridized carbons (Fsp3) is 0.333. The molecule has 0 bridgehead atoms. The number of aryl methyl sites for hydroxylation is 1. The number of pyridine rings is 1. The molecule has 0 aliphatic heterocycles. The Morgan fingerprint density at radius 2 is 1.72 bits per heavy atom. The Bertz CT molecular complexity index is 775. The summed E-state index contributed by atoms with van der Waals surface area (Å²) in [7, 11) is -3.44. The van der Waals surface area contributed by atoms with Crippen LogP contribution in [-0.2, 0) is 27.8 Å². The molecule has 0 saturated heterocycles. The molecule has 0 saturated carbocycles. The number of nitrogens with one attached hydrogen (secondary N) is 2. The van der Waals surface area contributed by atoms with Crippen molar-refractivity contribution in [1.82, 2.24) is 15.0 Å². The van der Waals surface area contributed by atoms with Gasteiger partial charge in [0.05, 0.1) is 4.90 Å². The maximum atomic E-state index is 12.0. The number of benzene rings is 1. The molecule has 1 amide bonds. The topological polar surface area (TPSA) is 88.2 Å². The number of carbonyl (C=O) groups excluding carboxylic acids is 1.